The number of piperidine rings is 1. The SMILES string of the molecule is CN1CCCC(O)(CNCc2cnn(Cc3ccccc3)c2)C1=O. The Balaban J connectivity index is 1.51. The number of carbonyl (C=O) groups is 1. The second-order valence-corrected chi connectivity index (χ2v) is 6.50. The predicted molar refractivity (Wildman–Crippen MR) is 91.3 cm³/mol. The maximum absolute atomic E-state index is 12.1. The van der Waals surface area contributed by atoms with Crippen LogP contribution in [0.1, 0.15) is 24.0 Å². The lowest BCUT2D eigenvalue weighted by molar-refractivity contribution is -0.154. The Morgan fingerprint density at radius 2 is 2.08 bits per heavy atom. The first-order chi connectivity index (χ1) is 11.6. The molecular formula is C18H24N4O2. The van der Waals surface area contributed by atoms with Gasteiger partial charge in [0.25, 0.3) is 5.91 Å². The third-order valence-electron chi connectivity index (χ3n) is 4.45. The van der Waals surface area contributed by atoms with E-state index in [1.54, 1.807) is 11.9 Å². The van der Waals surface area contributed by atoms with E-state index in [-0.39, 0.29) is 12.5 Å². The van der Waals surface area contributed by atoms with Crippen molar-refractivity contribution >= 4 is 5.91 Å². The molecule has 2 N–H and O–H groups in total. The molecule has 24 heavy (non-hydrogen) atoms. The molecule has 0 saturated carbocycles. The van der Waals surface area contributed by atoms with Gasteiger partial charge in [-0.05, 0) is 18.4 Å². The molecule has 1 atom stereocenters. The van der Waals surface area contributed by atoms with Crippen molar-refractivity contribution in [2.45, 2.75) is 31.5 Å². The number of nitrogens with zero attached hydrogens (tertiary/aromatic N) is 3. The van der Waals surface area contributed by atoms with Crippen molar-refractivity contribution < 1.29 is 9.90 Å². The monoisotopic (exact) mass is 328 g/mol. The maximum atomic E-state index is 12.1. The number of amides is 1. The summed E-state index contributed by atoms with van der Waals surface area (Å²) in [6.07, 6.45) is 5.14. The highest BCUT2D eigenvalue weighted by atomic mass is 16.3. The minimum Gasteiger partial charge on any atom is -0.379 e. The molecule has 1 saturated heterocycles. The fourth-order valence-corrected chi connectivity index (χ4v) is 3.10. The number of rotatable bonds is 6. The van der Waals surface area contributed by atoms with Crippen LogP contribution in [0.2, 0.25) is 0 Å². The summed E-state index contributed by atoms with van der Waals surface area (Å²) in [5.41, 5.74) is 0.948. The van der Waals surface area contributed by atoms with Crippen molar-refractivity contribution in [3.8, 4) is 0 Å². The van der Waals surface area contributed by atoms with E-state index in [1.165, 1.54) is 5.56 Å². The summed E-state index contributed by atoms with van der Waals surface area (Å²) < 4.78 is 1.89. The summed E-state index contributed by atoms with van der Waals surface area (Å²) in [5, 5.41) is 18.1. The van der Waals surface area contributed by atoms with Gasteiger partial charge in [-0.1, -0.05) is 30.3 Å². The molecule has 6 nitrogen and oxygen atoms in total. The van der Waals surface area contributed by atoms with Crippen LogP contribution in [0, 0.1) is 0 Å². The molecule has 1 amide bonds. The number of benzene rings is 1. The first kappa shape index (κ1) is 16.7. The second kappa shape index (κ2) is 7.15. The molecule has 1 aromatic carbocycles. The van der Waals surface area contributed by atoms with E-state index in [4.69, 9.17) is 0 Å². The van der Waals surface area contributed by atoms with E-state index in [9.17, 15) is 9.90 Å². The van der Waals surface area contributed by atoms with Crippen molar-refractivity contribution in [2.75, 3.05) is 20.1 Å². The van der Waals surface area contributed by atoms with Gasteiger partial charge in [0, 0.05) is 38.4 Å². The van der Waals surface area contributed by atoms with Crippen molar-refractivity contribution in [2.24, 2.45) is 0 Å². The Kier molecular flexibility index (Phi) is 4.97. The Hall–Kier alpha value is -2.18. The molecule has 3 rings (SSSR count). The highest BCUT2D eigenvalue weighted by Gasteiger charge is 2.40. The lowest BCUT2D eigenvalue weighted by Crippen LogP contribution is -2.56. The average Bonchev–Trinajstić information content (AvgIpc) is 3.01. The van der Waals surface area contributed by atoms with E-state index in [2.05, 4.69) is 22.5 Å². The summed E-state index contributed by atoms with van der Waals surface area (Å²) in [4.78, 5) is 13.7. The number of likely N-dealkylation sites (N-methyl/N-ethyl adjacent to an activating group) is 1. The number of carbonyl (C=O) groups excluding carboxylic acids is 1. The second-order valence-electron chi connectivity index (χ2n) is 6.50. The van der Waals surface area contributed by atoms with Gasteiger partial charge in [-0.25, -0.2) is 0 Å². The van der Waals surface area contributed by atoms with Crippen LogP contribution in [0.25, 0.3) is 0 Å². The number of aliphatic hydroxyl groups is 1. The molecule has 0 aliphatic carbocycles. The smallest absolute Gasteiger partial charge is 0.255 e. The van der Waals surface area contributed by atoms with E-state index in [0.29, 0.717) is 19.5 Å². The summed E-state index contributed by atoms with van der Waals surface area (Å²) in [7, 11) is 1.74. The van der Waals surface area contributed by atoms with Crippen LogP contribution in [-0.2, 0) is 17.9 Å². The molecule has 1 aromatic heterocycles. The number of aromatic nitrogens is 2. The molecule has 128 valence electrons. The lowest BCUT2D eigenvalue weighted by Gasteiger charge is -2.36. The molecular weight excluding hydrogens is 304 g/mol. The number of likely N-dealkylation sites (tertiary alicyclic amines) is 1. The van der Waals surface area contributed by atoms with Crippen LogP contribution in [0.15, 0.2) is 42.7 Å². The van der Waals surface area contributed by atoms with Gasteiger partial charge in [0.05, 0.1) is 12.7 Å². The summed E-state index contributed by atoms with van der Waals surface area (Å²) in [6, 6.07) is 10.2. The van der Waals surface area contributed by atoms with Crippen LogP contribution in [0.5, 0.6) is 0 Å². The van der Waals surface area contributed by atoms with Gasteiger partial charge in [0.2, 0.25) is 0 Å². The first-order valence-electron chi connectivity index (χ1n) is 8.31. The molecule has 1 unspecified atom stereocenters. The van der Waals surface area contributed by atoms with Crippen LogP contribution < -0.4 is 5.32 Å². The summed E-state index contributed by atoms with van der Waals surface area (Å²) in [5.74, 6) is -0.193. The molecule has 1 aliphatic rings. The molecule has 0 bridgehead atoms. The van der Waals surface area contributed by atoms with E-state index in [0.717, 1.165) is 18.5 Å². The molecule has 0 radical (unpaired) electrons. The molecule has 0 spiro atoms. The van der Waals surface area contributed by atoms with E-state index < -0.39 is 5.60 Å². The Morgan fingerprint density at radius 1 is 1.29 bits per heavy atom. The maximum Gasteiger partial charge on any atom is 0.255 e. The largest absolute Gasteiger partial charge is 0.379 e. The minimum atomic E-state index is -1.28. The quantitative estimate of drug-likeness (QED) is 0.830. The van der Waals surface area contributed by atoms with Crippen LogP contribution in [-0.4, -0.2) is 51.4 Å². The molecule has 2 aromatic rings. The number of hydrogen-bond donors (Lipinski definition) is 2. The summed E-state index contributed by atoms with van der Waals surface area (Å²) in [6.45, 7) is 2.29. The first-order valence-corrected chi connectivity index (χ1v) is 8.31. The summed E-state index contributed by atoms with van der Waals surface area (Å²) >= 11 is 0. The third kappa shape index (κ3) is 3.83. The highest BCUT2D eigenvalue weighted by Crippen LogP contribution is 2.21. The van der Waals surface area contributed by atoms with Crippen molar-refractivity contribution in [3.05, 3.63) is 53.9 Å². The number of nitrogens with one attached hydrogen (secondary N) is 1. The normalized spacial score (nSPS) is 21.2. The fraction of sp³-hybridized carbons (Fsp3) is 0.444. The van der Waals surface area contributed by atoms with E-state index >= 15 is 0 Å². The lowest BCUT2D eigenvalue weighted by atomic mass is 9.92. The van der Waals surface area contributed by atoms with Crippen LogP contribution in [0.4, 0.5) is 0 Å². The molecule has 1 fully saturated rings. The van der Waals surface area contributed by atoms with Gasteiger partial charge in [-0.3, -0.25) is 9.48 Å². The molecule has 2 heterocycles. The van der Waals surface area contributed by atoms with Gasteiger partial charge in [-0.15, -0.1) is 0 Å². The van der Waals surface area contributed by atoms with Gasteiger partial charge >= 0.3 is 0 Å². The van der Waals surface area contributed by atoms with Crippen molar-refractivity contribution in [1.29, 1.82) is 0 Å². The molecule has 6 heteroatoms. The number of hydrogen-bond acceptors (Lipinski definition) is 4. The Morgan fingerprint density at radius 3 is 2.88 bits per heavy atom. The zero-order chi connectivity index (χ0) is 17.0. The Labute approximate surface area is 142 Å². The van der Waals surface area contributed by atoms with E-state index in [1.807, 2.05) is 35.3 Å². The Bertz CT molecular complexity index is 685. The van der Waals surface area contributed by atoms with Gasteiger partial charge in [0.1, 0.15) is 0 Å². The van der Waals surface area contributed by atoms with Gasteiger partial charge < -0.3 is 15.3 Å². The van der Waals surface area contributed by atoms with Crippen LogP contribution in [0.3, 0.4) is 0 Å². The highest BCUT2D eigenvalue weighted by molar-refractivity contribution is 5.85. The fourth-order valence-electron chi connectivity index (χ4n) is 3.10. The topological polar surface area (TPSA) is 70.4 Å². The average molecular weight is 328 g/mol. The van der Waals surface area contributed by atoms with Gasteiger partial charge in [-0.2, -0.15) is 5.10 Å². The van der Waals surface area contributed by atoms with Gasteiger partial charge in [0.15, 0.2) is 5.60 Å². The minimum absolute atomic E-state index is 0.193. The third-order valence-corrected chi connectivity index (χ3v) is 4.45. The zero-order valence-corrected chi connectivity index (χ0v) is 14.0. The van der Waals surface area contributed by atoms with Crippen molar-refractivity contribution in [1.82, 2.24) is 20.0 Å². The zero-order valence-electron chi connectivity index (χ0n) is 14.0. The molecule has 1 aliphatic heterocycles. The standard InChI is InChI=1S/C18H24N4O2/c1-21-9-5-8-18(24,17(21)23)14-19-10-16-11-20-22(13-16)12-15-6-3-2-4-7-15/h2-4,6-7,11,13,19,24H,5,8-10,12,14H2,1H3. The van der Waals surface area contributed by atoms with Crippen LogP contribution >= 0.6 is 0 Å². The predicted octanol–water partition coefficient (Wildman–Crippen LogP) is 1.00. The van der Waals surface area contributed by atoms with Crippen molar-refractivity contribution in [3.63, 3.8) is 0 Å².